The van der Waals surface area contributed by atoms with Crippen LogP contribution in [0.1, 0.15) is 0 Å². The van der Waals surface area contributed by atoms with Crippen LogP contribution in [0.4, 0.5) is 0 Å². The largest absolute Gasteiger partial charge is 0.309 e. The molecule has 0 aliphatic heterocycles. The molecule has 3 heterocycles. The Balaban J connectivity index is 1.06. The Bertz CT molecular complexity index is 3170. The molecule has 4 heteroatoms. The van der Waals surface area contributed by atoms with Crippen molar-refractivity contribution >= 4 is 54.5 Å². The zero-order valence-electron chi connectivity index (χ0n) is 29.3. The summed E-state index contributed by atoms with van der Waals surface area (Å²) in [5, 5.41) is 6.06. The number of aromatic nitrogens is 4. The maximum atomic E-state index is 5.21. The van der Waals surface area contributed by atoms with E-state index in [1.807, 2.05) is 12.1 Å². The molecule has 0 aliphatic carbocycles. The number of hydrogen-bond acceptors (Lipinski definition) is 2. The van der Waals surface area contributed by atoms with Crippen molar-refractivity contribution in [3.63, 3.8) is 0 Å². The second-order valence-corrected chi connectivity index (χ2v) is 13.8. The van der Waals surface area contributed by atoms with E-state index >= 15 is 0 Å². The predicted octanol–water partition coefficient (Wildman–Crippen LogP) is 12.8. The van der Waals surface area contributed by atoms with E-state index in [4.69, 9.17) is 9.97 Å². The van der Waals surface area contributed by atoms with Gasteiger partial charge in [-0.15, -0.1) is 0 Å². The third-order valence-corrected chi connectivity index (χ3v) is 10.7. The maximum absolute atomic E-state index is 5.21. The molecule has 0 fully saturated rings. The first kappa shape index (κ1) is 30.3. The van der Waals surface area contributed by atoms with Gasteiger partial charge >= 0.3 is 0 Å². The molecule has 54 heavy (non-hydrogen) atoms. The third kappa shape index (κ3) is 4.70. The normalized spacial score (nSPS) is 11.7. The van der Waals surface area contributed by atoms with Gasteiger partial charge in [-0.1, -0.05) is 127 Å². The monoisotopic (exact) mass is 688 g/mol. The lowest BCUT2D eigenvalue weighted by Gasteiger charge is -2.12. The minimum Gasteiger partial charge on any atom is -0.309 e. The number of rotatable bonds is 5. The highest BCUT2D eigenvalue weighted by atomic mass is 15.0. The number of para-hydroxylation sites is 4. The van der Waals surface area contributed by atoms with E-state index in [1.165, 1.54) is 54.7 Å². The van der Waals surface area contributed by atoms with Crippen LogP contribution in [0.15, 0.2) is 194 Å². The van der Waals surface area contributed by atoms with Crippen molar-refractivity contribution in [2.75, 3.05) is 0 Å². The molecule has 0 saturated carbocycles. The zero-order chi connectivity index (χ0) is 35.6. The van der Waals surface area contributed by atoms with Crippen molar-refractivity contribution in [3.05, 3.63) is 194 Å². The Kier molecular flexibility index (Phi) is 6.82. The molecule has 3 aromatic heterocycles. The molecule has 4 nitrogen and oxygen atoms in total. The number of nitrogens with zero attached hydrogens (tertiary/aromatic N) is 4. The summed E-state index contributed by atoms with van der Waals surface area (Å²) in [6, 6.07) is 68.9. The molecule has 11 rings (SSSR count). The highest BCUT2D eigenvalue weighted by Gasteiger charge is 2.20. The van der Waals surface area contributed by atoms with Crippen molar-refractivity contribution < 1.29 is 0 Å². The summed E-state index contributed by atoms with van der Waals surface area (Å²) >= 11 is 0. The van der Waals surface area contributed by atoms with E-state index in [1.54, 1.807) is 0 Å². The Hall–Kier alpha value is -7.30. The number of benzene rings is 8. The fourth-order valence-corrected chi connectivity index (χ4v) is 8.29. The summed E-state index contributed by atoms with van der Waals surface area (Å²) < 4.78 is 4.78. The van der Waals surface area contributed by atoms with Crippen LogP contribution < -0.4 is 0 Å². The number of hydrogen-bond donors (Lipinski definition) is 0. The number of fused-ring (bicyclic) bond motifs is 8. The van der Waals surface area contributed by atoms with Crippen molar-refractivity contribution in [1.29, 1.82) is 0 Å². The predicted molar refractivity (Wildman–Crippen MR) is 225 cm³/mol. The first-order chi connectivity index (χ1) is 26.8. The van der Waals surface area contributed by atoms with E-state index in [0.717, 1.165) is 39.1 Å². The standard InChI is InChI=1S/C50H32N4/c1-3-13-33(14-4-1)34-23-25-35(26-24-34)49-39-17-7-10-20-42(39)51-50(52-49)36-27-29-38(30-28-36)54-44-22-12-9-19-41(44)48-46(54)32-31-45-47(48)40-18-8-11-21-43(40)53(45)37-15-5-2-6-16-37/h1-32H. The van der Waals surface area contributed by atoms with E-state index in [2.05, 4.69) is 191 Å². The summed E-state index contributed by atoms with van der Waals surface area (Å²) in [5.74, 6) is 0.708. The topological polar surface area (TPSA) is 35.6 Å². The highest BCUT2D eigenvalue weighted by molar-refractivity contribution is 6.28. The summed E-state index contributed by atoms with van der Waals surface area (Å²) in [7, 11) is 0. The molecule has 0 amide bonds. The van der Waals surface area contributed by atoms with Gasteiger partial charge in [0.25, 0.3) is 0 Å². The fraction of sp³-hybridized carbons (Fsp3) is 0. The summed E-state index contributed by atoms with van der Waals surface area (Å²) in [6.45, 7) is 0. The molecule has 0 radical (unpaired) electrons. The highest BCUT2D eigenvalue weighted by Crippen LogP contribution is 2.42. The van der Waals surface area contributed by atoms with E-state index in [9.17, 15) is 0 Å². The molecule has 0 spiro atoms. The van der Waals surface area contributed by atoms with Crippen LogP contribution >= 0.6 is 0 Å². The average Bonchev–Trinajstić information content (AvgIpc) is 3.77. The van der Waals surface area contributed by atoms with Crippen LogP contribution in [-0.4, -0.2) is 19.1 Å². The van der Waals surface area contributed by atoms with Crippen LogP contribution in [0, 0.1) is 0 Å². The molecule has 0 N–H and O–H groups in total. The molecular weight excluding hydrogens is 657 g/mol. The van der Waals surface area contributed by atoms with Crippen molar-refractivity contribution in [2.45, 2.75) is 0 Å². The van der Waals surface area contributed by atoms with Gasteiger partial charge in [0.05, 0.1) is 33.3 Å². The third-order valence-electron chi connectivity index (χ3n) is 10.7. The first-order valence-corrected chi connectivity index (χ1v) is 18.3. The fourth-order valence-electron chi connectivity index (χ4n) is 8.29. The Labute approximate surface area is 311 Å². The second-order valence-electron chi connectivity index (χ2n) is 13.8. The molecule has 0 bridgehead atoms. The first-order valence-electron chi connectivity index (χ1n) is 18.3. The minimum atomic E-state index is 0.708. The van der Waals surface area contributed by atoms with Gasteiger partial charge in [-0.25, -0.2) is 9.97 Å². The maximum Gasteiger partial charge on any atom is 0.160 e. The van der Waals surface area contributed by atoms with Crippen LogP contribution in [-0.2, 0) is 0 Å². The van der Waals surface area contributed by atoms with E-state index < -0.39 is 0 Å². The van der Waals surface area contributed by atoms with Crippen LogP contribution in [0.25, 0.3) is 99.7 Å². The second kappa shape index (κ2) is 12.1. The van der Waals surface area contributed by atoms with Crippen LogP contribution in [0.2, 0.25) is 0 Å². The van der Waals surface area contributed by atoms with Gasteiger partial charge in [-0.05, 0) is 77.9 Å². The molecule has 0 saturated heterocycles. The Morgan fingerprint density at radius 2 is 0.759 bits per heavy atom. The van der Waals surface area contributed by atoms with Gasteiger partial charge in [-0.2, -0.15) is 0 Å². The van der Waals surface area contributed by atoms with E-state index in [0.29, 0.717) is 5.82 Å². The Morgan fingerprint density at radius 1 is 0.296 bits per heavy atom. The lowest BCUT2D eigenvalue weighted by molar-refractivity contribution is 1.17. The van der Waals surface area contributed by atoms with Gasteiger partial charge in [0.15, 0.2) is 5.82 Å². The molecule has 0 aliphatic rings. The van der Waals surface area contributed by atoms with Crippen molar-refractivity contribution in [2.24, 2.45) is 0 Å². The van der Waals surface area contributed by atoms with Crippen LogP contribution in [0.5, 0.6) is 0 Å². The lowest BCUT2D eigenvalue weighted by atomic mass is 10.0. The Morgan fingerprint density at radius 3 is 1.39 bits per heavy atom. The molecule has 252 valence electrons. The van der Waals surface area contributed by atoms with Gasteiger partial charge in [0.2, 0.25) is 0 Å². The SMILES string of the molecule is c1ccc(-c2ccc(-c3nc(-c4ccc(-n5c6ccccc6c6c7c8ccccc8n(-c8ccccc8)c7ccc65)cc4)nc4ccccc34)cc2)cc1. The lowest BCUT2D eigenvalue weighted by Crippen LogP contribution is -1.97. The molecule has 0 atom stereocenters. The van der Waals surface area contributed by atoms with E-state index in [-0.39, 0.29) is 0 Å². The van der Waals surface area contributed by atoms with Gasteiger partial charge in [-0.3, -0.25) is 0 Å². The summed E-state index contributed by atoms with van der Waals surface area (Å²) in [6.07, 6.45) is 0. The molecule has 8 aromatic carbocycles. The van der Waals surface area contributed by atoms with Gasteiger partial charge in [0.1, 0.15) is 0 Å². The smallest absolute Gasteiger partial charge is 0.160 e. The molecular formula is C50H32N4. The van der Waals surface area contributed by atoms with Crippen LogP contribution in [0.3, 0.4) is 0 Å². The van der Waals surface area contributed by atoms with Crippen molar-refractivity contribution in [3.8, 4) is 45.1 Å². The van der Waals surface area contributed by atoms with Gasteiger partial charge in [0, 0.05) is 49.4 Å². The van der Waals surface area contributed by atoms with Crippen molar-refractivity contribution in [1.82, 2.24) is 19.1 Å². The average molecular weight is 689 g/mol. The minimum absolute atomic E-state index is 0.708. The molecule has 11 aromatic rings. The zero-order valence-corrected chi connectivity index (χ0v) is 29.3. The summed E-state index contributed by atoms with van der Waals surface area (Å²) in [5.41, 5.74) is 13.3. The molecule has 0 unspecified atom stereocenters. The quantitative estimate of drug-likeness (QED) is 0.180. The summed E-state index contributed by atoms with van der Waals surface area (Å²) in [4.78, 5) is 10.3. The van der Waals surface area contributed by atoms with Gasteiger partial charge < -0.3 is 9.13 Å².